The summed E-state index contributed by atoms with van der Waals surface area (Å²) in [6.07, 6.45) is 22.2. The van der Waals surface area contributed by atoms with Crippen molar-refractivity contribution in [3.8, 4) is 0 Å². The van der Waals surface area contributed by atoms with Gasteiger partial charge >= 0.3 is 0 Å². The van der Waals surface area contributed by atoms with Crippen LogP contribution in [0.4, 0.5) is 0 Å². The second-order valence-electron chi connectivity index (χ2n) is 6.13. The van der Waals surface area contributed by atoms with E-state index in [1.165, 1.54) is 77.0 Å². The van der Waals surface area contributed by atoms with E-state index < -0.39 is 0 Å². The van der Waals surface area contributed by atoms with E-state index in [1.54, 1.807) is 0 Å². The van der Waals surface area contributed by atoms with E-state index in [9.17, 15) is 0 Å². The molecule has 1 rings (SSSR count). The predicted octanol–water partition coefficient (Wildman–Crippen LogP) is 6.51. The molecule has 2 unspecified atom stereocenters. The van der Waals surface area contributed by atoms with Crippen LogP contribution in [-0.2, 0) is 0 Å². The minimum atomic E-state index is 0.897. The molecule has 0 saturated carbocycles. The summed E-state index contributed by atoms with van der Waals surface area (Å²) in [6, 6.07) is 0. The van der Waals surface area contributed by atoms with Gasteiger partial charge in [-0.3, -0.25) is 0 Å². The van der Waals surface area contributed by atoms with E-state index in [0.717, 1.165) is 11.8 Å². The van der Waals surface area contributed by atoms with Crippen LogP contribution in [0.2, 0.25) is 0 Å². The summed E-state index contributed by atoms with van der Waals surface area (Å²) in [7, 11) is 0. The molecular weight excluding hydrogens is 216 g/mol. The van der Waals surface area contributed by atoms with Crippen LogP contribution in [0.25, 0.3) is 0 Å². The van der Waals surface area contributed by atoms with Gasteiger partial charge in [0.05, 0.1) is 0 Å². The topological polar surface area (TPSA) is 0 Å². The third kappa shape index (κ3) is 6.61. The summed E-state index contributed by atoms with van der Waals surface area (Å²) in [5, 5.41) is 0. The van der Waals surface area contributed by atoms with Crippen molar-refractivity contribution in [2.24, 2.45) is 11.8 Å². The van der Waals surface area contributed by atoms with Gasteiger partial charge in [-0.15, -0.1) is 0 Å². The van der Waals surface area contributed by atoms with Crippen molar-refractivity contribution < 1.29 is 0 Å². The minimum Gasteiger partial charge on any atom is -0.0882 e. The molecule has 2 atom stereocenters. The molecule has 0 aliphatic heterocycles. The lowest BCUT2D eigenvalue weighted by Crippen LogP contribution is -2.14. The van der Waals surface area contributed by atoms with Gasteiger partial charge in [0.1, 0.15) is 0 Å². The van der Waals surface area contributed by atoms with Crippen LogP contribution >= 0.6 is 0 Å². The quantitative estimate of drug-likeness (QED) is 0.340. The van der Waals surface area contributed by atoms with Gasteiger partial charge < -0.3 is 0 Å². The summed E-state index contributed by atoms with van der Waals surface area (Å²) in [6.45, 7) is 4.63. The molecule has 1 aliphatic carbocycles. The zero-order chi connectivity index (χ0) is 13.1. The van der Waals surface area contributed by atoms with Crippen LogP contribution < -0.4 is 0 Å². The van der Waals surface area contributed by atoms with E-state index in [0.29, 0.717) is 0 Å². The fraction of sp³-hybridized carbons (Fsp3) is 0.889. The molecule has 0 heterocycles. The molecule has 0 amide bonds. The van der Waals surface area contributed by atoms with Crippen molar-refractivity contribution in [3.05, 3.63) is 12.2 Å². The molecule has 18 heavy (non-hydrogen) atoms. The summed E-state index contributed by atoms with van der Waals surface area (Å²) in [4.78, 5) is 0. The average molecular weight is 250 g/mol. The fourth-order valence-corrected chi connectivity index (χ4v) is 3.29. The first-order valence-corrected chi connectivity index (χ1v) is 8.55. The molecule has 0 saturated heterocycles. The number of rotatable bonds is 8. The van der Waals surface area contributed by atoms with Crippen molar-refractivity contribution in [1.29, 1.82) is 0 Å². The highest BCUT2D eigenvalue weighted by Gasteiger charge is 2.19. The van der Waals surface area contributed by atoms with Gasteiger partial charge in [-0.05, 0) is 43.9 Å². The molecule has 0 N–H and O–H groups in total. The summed E-state index contributed by atoms with van der Waals surface area (Å²) in [5.41, 5.74) is 0. The Morgan fingerprint density at radius 1 is 0.889 bits per heavy atom. The molecule has 0 heteroatoms. The summed E-state index contributed by atoms with van der Waals surface area (Å²) in [5.74, 6) is 1.89. The molecule has 0 aromatic heterocycles. The summed E-state index contributed by atoms with van der Waals surface area (Å²) < 4.78 is 0. The SMILES string of the molecule is CCCCCC1C=CCCCCC1CCCCC. The standard InChI is InChI=1S/C18H34/c1-3-5-9-13-17-15-11-7-8-12-16-18(17)14-10-6-4-2/h11,15,17-18H,3-10,12-14,16H2,1-2H3. The van der Waals surface area contributed by atoms with Gasteiger partial charge in [-0.25, -0.2) is 0 Å². The highest BCUT2D eigenvalue weighted by Crippen LogP contribution is 2.31. The number of unbranched alkanes of at least 4 members (excludes halogenated alkanes) is 4. The Bertz CT molecular complexity index is 204. The Labute approximate surface area is 115 Å². The largest absolute Gasteiger partial charge is 0.0882 e. The second kappa shape index (κ2) is 10.6. The second-order valence-corrected chi connectivity index (χ2v) is 6.13. The molecule has 0 nitrogen and oxygen atoms in total. The molecule has 106 valence electrons. The molecule has 0 radical (unpaired) electrons. The van der Waals surface area contributed by atoms with Crippen LogP contribution in [0.5, 0.6) is 0 Å². The molecule has 1 aliphatic rings. The third-order valence-electron chi connectivity index (χ3n) is 4.50. The minimum absolute atomic E-state index is 0.897. The first-order chi connectivity index (χ1) is 8.88. The van der Waals surface area contributed by atoms with E-state index in [-0.39, 0.29) is 0 Å². The molecule has 0 spiro atoms. The van der Waals surface area contributed by atoms with Crippen LogP contribution in [0.15, 0.2) is 12.2 Å². The lowest BCUT2D eigenvalue weighted by Gasteiger charge is -2.26. The van der Waals surface area contributed by atoms with Gasteiger partial charge in [-0.1, -0.05) is 70.9 Å². The van der Waals surface area contributed by atoms with Crippen LogP contribution in [0, 0.1) is 11.8 Å². The van der Waals surface area contributed by atoms with E-state index in [4.69, 9.17) is 0 Å². The smallest absolute Gasteiger partial charge is 0.0205 e. The van der Waals surface area contributed by atoms with Gasteiger partial charge in [0, 0.05) is 0 Å². The number of hydrogen-bond acceptors (Lipinski definition) is 0. The van der Waals surface area contributed by atoms with Crippen molar-refractivity contribution in [2.45, 2.75) is 90.9 Å². The zero-order valence-electron chi connectivity index (χ0n) is 12.8. The van der Waals surface area contributed by atoms with Gasteiger partial charge in [0.2, 0.25) is 0 Å². The lowest BCUT2D eigenvalue weighted by molar-refractivity contribution is 0.299. The van der Waals surface area contributed by atoms with Gasteiger partial charge in [-0.2, -0.15) is 0 Å². The van der Waals surface area contributed by atoms with Crippen molar-refractivity contribution in [3.63, 3.8) is 0 Å². The van der Waals surface area contributed by atoms with E-state index in [2.05, 4.69) is 26.0 Å². The molecule has 0 fully saturated rings. The first kappa shape index (κ1) is 15.8. The Kier molecular flexibility index (Phi) is 9.34. The maximum absolute atomic E-state index is 2.57. The van der Waals surface area contributed by atoms with Crippen molar-refractivity contribution >= 4 is 0 Å². The van der Waals surface area contributed by atoms with Crippen LogP contribution in [0.1, 0.15) is 90.9 Å². The number of allylic oxidation sites excluding steroid dienone is 2. The summed E-state index contributed by atoms with van der Waals surface area (Å²) >= 11 is 0. The van der Waals surface area contributed by atoms with Crippen molar-refractivity contribution in [2.75, 3.05) is 0 Å². The Morgan fingerprint density at radius 2 is 1.61 bits per heavy atom. The molecular formula is C18H34. The van der Waals surface area contributed by atoms with Crippen LogP contribution in [-0.4, -0.2) is 0 Å². The lowest BCUT2D eigenvalue weighted by atomic mass is 9.79. The van der Waals surface area contributed by atoms with Gasteiger partial charge in [0.25, 0.3) is 0 Å². The average Bonchev–Trinajstić information content (AvgIpc) is 2.35. The number of hydrogen-bond donors (Lipinski definition) is 0. The zero-order valence-corrected chi connectivity index (χ0v) is 12.8. The highest BCUT2D eigenvalue weighted by molar-refractivity contribution is 4.93. The van der Waals surface area contributed by atoms with Gasteiger partial charge in [0.15, 0.2) is 0 Å². The Balaban J connectivity index is 2.42. The van der Waals surface area contributed by atoms with E-state index >= 15 is 0 Å². The molecule has 0 bridgehead atoms. The molecule has 0 aromatic carbocycles. The maximum Gasteiger partial charge on any atom is -0.0205 e. The third-order valence-corrected chi connectivity index (χ3v) is 4.50. The maximum atomic E-state index is 2.57. The first-order valence-electron chi connectivity index (χ1n) is 8.55. The normalized spacial score (nSPS) is 24.8. The monoisotopic (exact) mass is 250 g/mol. The Hall–Kier alpha value is -0.260. The van der Waals surface area contributed by atoms with Crippen molar-refractivity contribution in [1.82, 2.24) is 0 Å². The predicted molar refractivity (Wildman–Crippen MR) is 82.9 cm³/mol. The fourth-order valence-electron chi connectivity index (χ4n) is 3.29. The molecule has 0 aromatic rings. The Morgan fingerprint density at radius 3 is 2.33 bits per heavy atom. The van der Waals surface area contributed by atoms with Crippen LogP contribution in [0.3, 0.4) is 0 Å². The van der Waals surface area contributed by atoms with E-state index in [1.807, 2.05) is 0 Å². The highest BCUT2D eigenvalue weighted by atomic mass is 14.2.